The Kier molecular flexibility index (Phi) is 5.38. The monoisotopic (exact) mass is 321 g/mol. The molecule has 0 saturated heterocycles. The fourth-order valence-electron chi connectivity index (χ4n) is 2.54. The Bertz CT molecular complexity index is 445. The maximum Gasteiger partial charge on any atom is 0.0771 e. The molecule has 0 amide bonds. The molecule has 0 radical (unpaired) electrons. The van der Waals surface area contributed by atoms with Crippen LogP contribution >= 0.6 is 34.8 Å². The molecule has 0 bridgehead atoms. The van der Waals surface area contributed by atoms with Gasteiger partial charge in [-0.05, 0) is 25.0 Å². The van der Waals surface area contributed by atoms with Crippen LogP contribution in [0.2, 0.25) is 15.1 Å². The highest BCUT2D eigenvalue weighted by molar-refractivity contribution is 6.44. The highest BCUT2D eigenvalue weighted by atomic mass is 35.5. The van der Waals surface area contributed by atoms with Crippen molar-refractivity contribution in [3.8, 4) is 0 Å². The summed E-state index contributed by atoms with van der Waals surface area (Å²) in [4.78, 5) is 0. The maximum atomic E-state index is 10.4. The Morgan fingerprint density at radius 3 is 2.37 bits per heavy atom. The lowest BCUT2D eigenvalue weighted by Crippen LogP contribution is -2.41. The average Bonchev–Trinajstić information content (AvgIpc) is 2.39. The number of nitrogens with one attached hydrogen (secondary N) is 1. The molecule has 2 nitrogen and oxygen atoms in total. The van der Waals surface area contributed by atoms with Crippen LogP contribution in [0.5, 0.6) is 0 Å². The molecular formula is C14H18Cl3NO. The van der Waals surface area contributed by atoms with Gasteiger partial charge in [0.05, 0.1) is 15.6 Å². The van der Waals surface area contributed by atoms with E-state index in [0.29, 0.717) is 28.2 Å². The molecule has 5 heteroatoms. The van der Waals surface area contributed by atoms with Crippen LogP contribution in [0.1, 0.15) is 37.7 Å². The van der Waals surface area contributed by atoms with Crippen molar-refractivity contribution in [2.45, 2.75) is 44.2 Å². The second-order valence-corrected chi connectivity index (χ2v) is 6.40. The van der Waals surface area contributed by atoms with Crippen LogP contribution in [0.3, 0.4) is 0 Å². The molecule has 1 fully saturated rings. The van der Waals surface area contributed by atoms with Crippen LogP contribution in [0, 0.1) is 0 Å². The molecule has 0 heterocycles. The summed E-state index contributed by atoms with van der Waals surface area (Å²) in [5.41, 5.74) is 0.200. The summed E-state index contributed by atoms with van der Waals surface area (Å²) in [6, 6.07) is 3.42. The first-order valence-corrected chi connectivity index (χ1v) is 7.71. The van der Waals surface area contributed by atoms with E-state index in [1.165, 1.54) is 6.42 Å². The first kappa shape index (κ1) is 15.4. The second kappa shape index (κ2) is 6.64. The van der Waals surface area contributed by atoms with Gasteiger partial charge in [0, 0.05) is 23.7 Å². The summed E-state index contributed by atoms with van der Waals surface area (Å²) in [6.07, 6.45) is 5.12. The molecule has 1 aromatic carbocycles. The predicted octanol–water partition coefficient (Wildman–Crippen LogP) is 4.43. The van der Waals surface area contributed by atoms with Crippen molar-refractivity contribution in [2.24, 2.45) is 0 Å². The Balaban J connectivity index is 1.94. The highest BCUT2D eigenvalue weighted by Gasteiger charge is 2.28. The Labute approximate surface area is 129 Å². The molecule has 0 unspecified atom stereocenters. The molecule has 0 atom stereocenters. The van der Waals surface area contributed by atoms with E-state index in [4.69, 9.17) is 34.8 Å². The van der Waals surface area contributed by atoms with Gasteiger partial charge in [-0.2, -0.15) is 0 Å². The van der Waals surface area contributed by atoms with Crippen molar-refractivity contribution in [2.75, 3.05) is 6.54 Å². The molecule has 0 aromatic heterocycles. The fourth-order valence-corrected chi connectivity index (χ4v) is 3.22. The largest absolute Gasteiger partial charge is 0.389 e. The Morgan fingerprint density at radius 1 is 1.05 bits per heavy atom. The van der Waals surface area contributed by atoms with Gasteiger partial charge in [0.25, 0.3) is 0 Å². The number of aliphatic hydroxyl groups is 1. The van der Waals surface area contributed by atoms with Gasteiger partial charge >= 0.3 is 0 Å². The molecule has 2 rings (SSSR count). The molecule has 1 aromatic rings. The van der Waals surface area contributed by atoms with Gasteiger partial charge in [0.2, 0.25) is 0 Å². The summed E-state index contributed by atoms with van der Waals surface area (Å²) in [5, 5.41) is 15.2. The second-order valence-electron chi connectivity index (χ2n) is 5.21. The Morgan fingerprint density at radius 2 is 1.68 bits per heavy atom. The van der Waals surface area contributed by atoms with Crippen molar-refractivity contribution >= 4 is 34.8 Å². The van der Waals surface area contributed by atoms with E-state index in [2.05, 4.69) is 5.32 Å². The first-order valence-electron chi connectivity index (χ1n) is 6.57. The number of hydrogen-bond donors (Lipinski definition) is 2. The third-order valence-corrected chi connectivity index (χ3v) is 4.88. The van der Waals surface area contributed by atoms with E-state index >= 15 is 0 Å². The zero-order valence-corrected chi connectivity index (χ0v) is 13.0. The lowest BCUT2D eigenvalue weighted by Gasteiger charge is -2.32. The van der Waals surface area contributed by atoms with Crippen LogP contribution in [0.15, 0.2) is 12.1 Å². The van der Waals surface area contributed by atoms with Crippen LogP contribution in [-0.4, -0.2) is 17.3 Å². The molecule has 0 spiro atoms. The summed E-state index contributed by atoms with van der Waals surface area (Å²) < 4.78 is 0. The topological polar surface area (TPSA) is 32.3 Å². The van der Waals surface area contributed by atoms with Gasteiger partial charge in [-0.15, -0.1) is 0 Å². The minimum atomic E-state index is -0.588. The molecule has 1 aliphatic carbocycles. The van der Waals surface area contributed by atoms with E-state index in [1.54, 1.807) is 12.1 Å². The lowest BCUT2D eigenvalue weighted by atomic mass is 9.85. The summed E-state index contributed by atoms with van der Waals surface area (Å²) in [6.45, 7) is 1.08. The van der Waals surface area contributed by atoms with Crippen LogP contribution in [-0.2, 0) is 6.54 Å². The lowest BCUT2D eigenvalue weighted by molar-refractivity contribution is 0.00468. The van der Waals surface area contributed by atoms with Crippen molar-refractivity contribution in [3.05, 3.63) is 32.8 Å². The Hall–Kier alpha value is 0.01000. The van der Waals surface area contributed by atoms with Gasteiger partial charge in [-0.1, -0.05) is 54.1 Å². The van der Waals surface area contributed by atoms with E-state index < -0.39 is 5.60 Å². The molecule has 106 valence electrons. The average molecular weight is 323 g/mol. The molecule has 2 N–H and O–H groups in total. The van der Waals surface area contributed by atoms with Gasteiger partial charge in [-0.25, -0.2) is 0 Å². The van der Waals surface area contributed by atoms with E-state index in [0.717, 1.165) is 31.2 Å². The zero-order valence-electron chi connectivity index (χ0n) is 10.7. The van der Waals surface area contributed by atoms with Crippen molar-refractivity contribution in [1.82, 2.24) is 5.32 Å². The minimum absolute atomic E-state index is 0.484. The van der Waals surface area contributed by atoms with Crippen molar-refractivity contribution < 1.29 is 5.11 Å². The molecule has 1 aliphatic rings. The number of halogens is 3. The summed E-state index contributed by atoms with van der Waals surface area (Å²) in [7, 11) is 0. The van der Waals surface area contributed by atoms with E-state index in [9.17, 15) is 5.11 Å². The maximum absolute atomic E-state index is 10.4. The quantitative estimate of drug-likeness (QED) is 0.804. The molecule has 19 heavy (non-hydrogen) atoms. The third-order valence-electron chi connectivity index (χ3n) is 3.68. The van der Waals surface area contributed by atoms with Gasteiger partial charge in [0.1, 0.15) is 0 Å². The smallest absolute Gasteiger partial charge is 0.0771 e. The van der Waals surface area contributed by atoms with Crippen LogP contribution < -0.4 is 5.32 Å². The molecular weight excluding hydrogens is 305 g/mol. The molecule has 1 saturated carbocycles. The van der Waals surface area contributed by atoms with Gasteiger partial charge in [0.15, 0.2) is 0 Å². The minimum Gasteiger partial charge on any atom is -0.389 e. The normalized spacial score (nSPS) is 18.5. The fraction of sp³-hybridized carbons (Fsp3) is 0.571. The van der Waals surface area contributed by atoms with Crippen LogP contribution in [0.25, 0.3) is 0 Å². The van der Waals surface area contributed by atoms with E-state index in [-0.39, 0.29) is 0 Å². The summed E-state index contributed by atoms with van der Waals surface area (Å²) >= 11 is 18.2. The third kappa shape index (κ3) is 3.99. The first-order chi connectivity index (χ1) is 9.02. The summed E-state index contributed by atoms with van der Waals surface area (Å²) in [5.74, 6) is 0. The van der Waals surface area contributed by atoms with E-state index in [1.807, 2.05) is 0 Å². The number of benzene rings is 1. The number of hydrogen-bond acceptors (Lipinski definition) is 2. The predicted molar refractivity (Wildman–Crippen MR) is 81.2 cm³/mol. The van der Waals surface area contributed by atoms with Gasteiger partial charge < -0.3 is 10.4 Å². The standard InChI is InChI=1S/C14H18Cl3NO/c15-11-4-5-12(16)13(17)10(11)8-18-9-14(19)6-2-1-3-7-14/h4-5,18-19H,1-3,6-9H2. The number of rotatable bonds is 4. The molecule has 0 aliphatic heterocycles. The zero-order chi connectivity index (χ0) is 13.9. The SMILES string of the molecule is OC1(CNCc2c(Cl)ccc(Cl)c2Cl)CCCCC1. The van der Waals surface area contributed by atoms with Gasteiger partial charge in [-0.3, -0.25) is 0 Å². The van der Waals surface area contributed by atoms with Crippen molar-refractivity contribution in [3.63, 3.8) is 0 Å². The van der Waals surface area contributed by atoms with Crippen LogP contribution in [0.4, 0.5) is 0 Å². The highest BCUT2D eigenvalue weighted by Crippen LogP contribution is 2.32. The van der Waals surface area contributed by atoms with Crippen molar-refractivity contribution in [1.29, 1.82) is 0 Å².